The van der Waals surface area contributed by atoms with Gasteiger partial charge in [-0.2, -0.15) is 0 Å². The molecular formula is C28H33N5OS. The molecule has 3 aromatic rings. The molecule has 6 nitrogen and oxygen atoms in total. The minimum atomic E-state index is 0.0329. The smallest absolute Gasteiger partial charge is 0.230 e. The van der Waals surface area contributed by atoms with Crippen molar-refractivity contribution in [3.8, 4) is 17.1 Å². The molecule has 2 aromatic heterocycles. The van der Waals surface area contributed by atoms with E-state index >= 15 is 0 Å². The van der Waals surface area contributed by atoms with Gasteiger partial charge in [-0.1, -0.05) is 43.8 Å². The molecule has 0 unspecified atom stereocenters. The second kappa shape index (κ2) is 9.08. The Labute approximate surface area is 211 Å². The predicted octanol–water partition coefficient (Wildman–Crippen LogP) is 5.63. The molecule has 0 radical (unpaired) electrons. The predicted molar refractivity (Wildman–Crippen MR) is 138 cm³/mol. The van der Waals surface area contributed by atoms with Crippen molar-refractivity contribution in [3.63, 3.8) is 0 Å². The Morgan fingerprint density at radius 3 is 2.43 bits per heavy atom. The summed E-state index contributed by atoms with van der Waals surface area (Å²) in [6.45, 7) is 4.39. The molecule has 2 heterocycles. The van der Waals surface area contributed by atoms with Crippen LogP contribution < -0.4 is 5.32 Å². The highest BCUT2D eigenvalue weighted by molar-refractivity contribution is 7.99. The van der Waals surface area contributed by atoms with Gasteiger partial charge >= 0.3 is 0 Å². The Kier molecular flexibility index (Phi) is 5.91. The summed E-state index contributed by atoms with van der Waals surface area (Å²) in [5, 5.41) is 13.3. The number of hydrogen-bond acceptors (Lipinski definition) is 5. The number of nitrogens with zero attached hydrogens (tertiary/aromatic N) is 4. The quantitative estimate of drug-likeness (QED) is 0.437. The van der Waals surface area contributed by atoms with E-state index in [-0.39, 0.29) is 11.4 Å². The van der Waals surface area contributed by atoms with Crippen molar-refractivity contribution >= 4 is 17.7 Å². The summed E-state index contributed by atoms with van der Waals surface area (Å²) in [6.07, 6.45) is 11.2. The van der Waals surface area contributed by atoms with Gasteiger partial charge in [0.25, 0.3) is 0 Å². The summed E-state index contributed by atoms with van der Waals surface area (Å²) >= 11 is 1.47. The summed E-state index contributed by atoms with van der Waals surface area (Å²) in [7, 11) is 0. The van der Waals surface area contributed by atoms with Crippen LogP contribution in [0.5, 0.6) is 0 Å². The molecule has 0 spiro atoms. The molecule has 0 saturated heterocycles. The molecule has 1 aromatic carbocycles. The average molecular weight is 488 g/mol. The third-order valence-electron chi connectivity index (χ3n) is 8.13. The first kappa shape index (κ1) is 22.8. The van der Waals surface area contributed by atoms with Crippen molar-refractivity contribution < 1.29 is 4.79 Å². The number of rotatable bonds is 7. The zero-order valence-corrected chi connectivity index (χ0v) is 21.3. The van der Waals surface area contributed by atoms with Crippen LogP contribution in [0, 0.1) is 17.8 Å². The summed E-state index contributed by atoms with van der Waals surface area (Å²) in [6, 6.07) is 12.3. The van der Waals surface area contributed by atoms with Crippen LogP contribution in [0.3, 0.4) is 0 Å². The second-order valence-corrected chi connectivity index (χ2v) is 12.1. The van der Waals surface area contributed by atoms with E-state index in [2.05, 4.69) is 57.1 Å². The highest BCUT2D eigenvalue weighted by atomic mass is 32.2. The highest BCUT2D eigenvalue weighted by Gasteiger charge is 2.51. The molecule has 182 valence electrons. The number of carbonyl (C=O) groups excluding carboxylic acids is 1. The average Bonchev–Trinajstić information content (AvgIpc) is 3.26. The molecule has 4 saturated carbocycles. The molecule has 4 fully saturated rings. The van der Waals surface area contributed by atoms with Gasteiger partial charge in [0.2, 0.25) is 5.91 Å². The number of para-hydroxylation sites is 1. The number of amides is 1. The van der Waals surface area contributed by atoms with Gasteiger partial charge < -0.3 is 5.32 Å². The zero-order chi connectivity index (χ0) is 24.0. The third-order valence-corrected chi connectivity index (χ3v) is 9.06. The minimum Gasteiger partial charge on any atom is -0.350 e. The van der Waals surface area contributed by atoms with E-state index in [0.717, 1.165) is 40.0 Å². The van der Waals surface area contributed by atoms with Crippen LogP contribution in [-0.2, 0) is 4.79 Å². The van der Waals surface area contributed by atoms with Gasteiger partial charge in [0.1, 0.15) is 0 Å². The van der Waals surface area contributed by atoms with Crippen molar-refractivity contribution in [1.29, 1.82) is 0 Å². The van der Waals surface area contributed by atoms with Crippen LogP contribution in [-0.4, -0.2) is 36.9 Å². The summed E-state index contributed by atoms with van der Waals surface area (Å²) < 4.78 is 2.09. The summed E-state index contributed by atoms with van der Waals surface area (Å²) in [4.78, 5) is 17.5. The molecule has 7 heteroatoms. The minimum absolute atomic E-state index is 0.0329. The van der Waals surface area contributed by atoms with E-state index in [0.29, 0.717) is 11.7 Å². The van der Waals surface area contributed by atoms with Gasteiger partial charge in [-0.25, -0.2) is 0 Å². The van der Waals surface area contributed by atoms with Crippen LogP contribution in [0.25, 0.3) is 17.1 Å². The Morgan fingerprint density at radius 1 is 1.06 bits per heavy atom. The lowest BCUT2D eigenvalue weighted by molar-refractivity contribution is -0.124. The number of pyridine rings is 1. The fraction of sp³-hybridized carbons (Fsp3) is 0.500. The van der Waals surface area contributed by atoms with E-state index in [1.807, 2.05) is 24.4 Å². The summed E-state index contributed by atoms with van der Waals surface area (Å²) in [5.41, 5.74) is 3.21. The topological polar surface area (TPSA) is 72.7 Å². The first-order chi connectivity index (χ1) is 17.0. The SMILES string of the molecule is CC(C)c1ccccc1-n1c(SCC(=O)NC23CC4CC(CC(C4)C2)C3)nnc1-c1cccnc1. The lowest BCUT2D eigenvalue weighted by Crippen LogP contribution is -2.60. The van der Waals surface area contributed by atoms with E-state index < -0.39 is 0 Å². The van der Waals surface area contributed by atoms with E-state index in [1.54, 1.807) is 6.20 Å². The monoisotopic (exact) mass is 487 g/mol. The van der Waals surface area contributed by atoms with Crippen LogP contribution in [0.2, 0.25) is 0 Å². The van der Waals surface area contributed by atoms with Crippen molar-refractivity contribution in [2.24, 2.45) is 17.8 Å². The number of thioether (sulfide) groups is 1. The molecule has 35 heavy (non-hydrogen) atoms. The maximum atomic E-state index is 13.2. The normalized spacial score (nSPS) is 26.9. The van der Waals surface area contributed by atoms with Gasteiger partial charge in [-0.05, 0) is 86.0 Å². The van der Waals surface area contributed by atoms with Gasteiger partial charge in [0.05, 0.1) is 11.4 Å². The first-order valence-electron chi connectivity index (χ1n) is 12.9. The molecular weight excluding hydrogens is 454 g/mol. The third kappa shape index (κ3) is 4.39. The second-order valence-electron chi connectivity index (χ2n) is 11.1. The standard InChI is InChI=1S/C28H33N5OS/c1-18(2)23-7-3-4-8-24(23)33-26(22-6-5-9-29-16-22)31-32-27(33)35-17-25(34)30-28-13-19-10-20(14-28)12-21(11-19)15-28/h3-9,16,18-21H,10-15,17H2,1-2H3,(H,30,34). The van der Waals surface area contributed by atoms with Crippen LogP contribution >= 0.6 is 11.8 Å². The van der Waals surface area contributed by atoms with Crippen LogP contribution in [0.4, 0.5) is 0 Å². The Balaban J connectivity index is 1.26. The maximum absolute atomic E-state index is 13.2. The lowest BCUT2D eigenvalue weighted by atomic mass is 9.53. The van der Waals surface area contributed by atoms with Gasteiger partial charge in [-0.3, -0.25) is 14.3 Å². The fourth-order valence-corrected chi connectivity index (χ4v) is 7.91. The molecule has 1 amide bonds. The Morgan fingerprint density at radius 2 is 1.77 bits per heavy atom. The van der Waals surface area contributed by atoms with Crippen molar-refractivity contribution in [3.05, 3.63) is 54.4 Å². The van der Waals surface area contributed by atoms with Crippen LogP contribution in [0.1, 0.15) is 63.9 Å². The molecule has 4 aliphatic rings. The summed E-state index contributed by atoms with van der Waals surface area (Å²) in [5.74, 6) is 3.98. The van der Waals surface area contributed by atoms with Gasteiger partial charge in [-0.15, -0.1) is 10.2 Å². The molecule has 1 N–H and O–H groups in total. The number of hydrogen-bond donors (Lipinski definition) is 1. The molecule has 0 atom stereocenters. The van der Waals surface area contributed by atoms with Gasteiger partial charge in [0, 0.05) is 23.5 Å². The Hall–Kier alpha value is -2.67. The number of carbonyl (C=O) groups is 1. The molecule has 4 bridgehead atoms. The number of aromatic nitrogens is 4. The van der Waals surface area contributed by atoms with E-state index in [1.165, 1.54) is 55.9 Å². The number of benzene rings is 1. The van der Waals surface area contributed by atoms with E-state index in [4.69, 9.17) is 0 Å². The lowest BCUT2D eigenvalue weighted by Gasteiger charge is -2.56. The largest absolute Gasteiger partial charge is 0.350 e. The first-order valence-corrected chi connectivity index (χ1v) is 13.9. The van der Waals surface area contributed by atoms with E-state index in [9.17, 15) is 4.79 Å². The molecule has 4 aliphatic carbocycles. The fourth-order valence-electron chi connectivity index (χ4n) is 7.17. The Bertz CT molecular complexity index is 1190. The molecule has 0 aliphatic heterocycles. The van der Waals surface area contributed by atoms with Crippen molar-refractivity contribution in [2.75, 3.05) is 5.75 Å². The number of nitrogens with one attached hydrogen (secondary N) is 1. The van der Waals surface area contributed by atoms with Crippen molar-refractivity contribution in [2.45, 2.75) is 69.0 Å². The van der Waals surface area contributed by atoms with Crippen molar-refractivity contribution in [1.82, 2.24) is 25.1 Å². The zero-order valence-electron chi connectivity index (χ0n) is 20.5. The maximum Gasteiger partial charge on any atom is 0.230 e. The van der Waals surface area contributed by atoms with Gasteiger partial charge in [0.15, 0.2) is 11.0 Å². The molecule has 7 rings (SSSR count). The highest BCUT2D eigenvalue weighted by Crippen LogP contribution is 2.55. The van der Waals surface area contributed by atoms with Crippen LogP contribution in [0.15, 0.2) is 53.9 Å².